The summed E-state index contributed by atoms with van der Waals surface area (Å²) in [5.74, 6) is 0.0243. The highest BCUT2D eigenvalue weighted by Crippen LogP contribution is 2.25. The third-order valence-electron chi connectivity index (χ3n) is 2.55. The second kappa shape index (κ2) is 5.33. The van der Waals surface area contributed by atoms with Crippen molar-refractivity contribution in [3.05, 3.63) is 47.8 Å². The van der Waals surface area contributed by atoms with Crippen LogP contribution in [-0.2, 0) is 0 Å². The number of imidazole rings is 1. The summed E-state index contributed by atoms with van der Waals surface area (Å²) in [5, 5.41) is 3.14. The third-order valence-corrected chi connectivity index (χ3v) is 2.88. The highest BCUT2D eigenvalue weighted by Gasteiger charge is 2.09. The number of hydrogen-bond donors (Lipinski definition) is 2. The first-order valence-corrected chi connectivity index (χ1v) is 6.21. The van der Waals surface area contributed by atoms with Crippen LogP contribution >= 0.6 is 11.6 Å². The predicted molar refractivity (Wildman–Crippen MR) is 76.1 cm³/mol. The maximum absolute atomic E-state index is 13.2. The van der Waals surface area contributed by atoms with Crippen molar-refractivity contribution >= 4 is 29.2 Å². The van der Waals surface area contributed by atoms with E-state index in [4.69, 9.17) is 17.3 Å². The Bertz CT molecular complexity index is 775. The van der Waals surface area contributed by atoms with Gasteiger partial charge in [0, 0.05) is 12.4 Å². The minimum Gasteiger partial charge on any atom is -0.368 e. The van der Waals surface area contributed by atoms with Crippen molar-refractivity contribution in [2.75, 3.05) is 11.1 Å². The summed E-state index contributed by atoms with van der Waals surface area (Å²) in [6.45, 7) is 0. The Balaban J connectivity index is 1.97. The zero-order valence-electron chi connectivity index (χ0n) is 10.5. The van der Waals surface area contributed by atoms with E-state index in [-0.39, 0.29) is 17.8 Å². The van der Waals surface area contributed by atoms with Crippen LogP contribution in [0, 0.1) is 5.82 Å². The van der Waals surface area contributed by atoms with E-state index < -0.39 is 5.82 Å². The normalized spacial score (nSPS) is 10.6. The summed E-state index contributed by atoms with van der Waals surface area (Å²) in [6, 6.07) is 3.92. The molecule has 3 N–H and O–H groups in total. The van der Waals surface area contributed by atoms with Crippen LogP contribution < -0.4 is 11.1 Å². The molecule has 3 aromatic rings. The molecule has 0 aliphatic heterocycles. The van der Waals surface area contributed by atoms with Gasteiger partial charge in [-0.15, -0.1) is 0 Å². The Kier molecular flexibility index (Phi) is 3.36. The van der Waals surface area contributed by atoms with Gasteiger partial charge in [0.25, 0.3) is 0 Å². The van der Waals surface area contributed by atoms with E-state index in [1.54, 1.807) is 17.0 Å². The SMILES string of the molecule is Nc1nc(Nc2cc(F)ccc2Cl)nc(-n2ccnc2)n1. The molecule has 2 aromatic heterocycles. The summed E-state index contributed by atoms with van der Waals surface area (Å²) in [5.41, 5.74) is 5.98. The molecule has 3 rings (SSSR count). The molecule has 0 aliphatic carbocycles. The zero-order valence-corrected chi connectivity index (χ0v) is 11.3. The summed E-state index contributed by atoms with van der Waals surface area (Å²) in [7, 11) is 0. The minimum absolute atomic E-state index is 0.0173. The molecule has 0 bridgehead atoms. The number of anilines is 3. The highest BCUT2D eigenvalue weighted by molar-refractivity contribution is 6.33. The van der Waals surface area contributed by atoms with Crippen LogP contribution in [0.3, 0.4) is 0 Å². The van der Waals surface area contributed by atoms with Crippen LogP contribution in [0.2, 0.25) is 5.02 Å². The fourth-order valence-corrected chi connectivity index (χ4v) is 1.81. The average molecular weight is 306 g/mol. The molecule has 0 amide bonds. The molecule has 0 saturated heterocycles. The van der Waals surface area contributed by atoms with Crippen molar-refractivity contribution in [3.63, 3.8) is 0 Å². The maximum Gasteiger partial charge on any atom is 0.241 e. The largest absolute Gasteiger partial charge is 0.368 e. The van der Waals surface area contributed by atoms with Crippen molar-refractivity contribution in [2.45, 2.75) is 0 Å². The third kappa shape index (κ3) is 2.90. The first-order chi connectivity index (χ1) is 10.1. The molecule has 0 atom stereocenters. The molecule has 106 valence electrons. The number of halogens is 2. The van der Waals surface area contributed by atoms with Gasteiger partial charge in [-0.05, 0) is 18.2 Å². The van der Waals surface area contributed by atoms with Crippen LogP contribution in [0.4, 0.5) is 22.0 Å². The molecule has 21 heavy (non-hydrogen) atoms. The number of nitrogens with zero attached hydrogens (tertiary/aromatic N) is 5. The summed E-state index contributed by atoms with van der Waals surface area (Å²) >= 11 is 5.98. The fourth-order valence-electron chi connectivity index (χ4n) is 1.64. The Morgan fingerprint density at radius 2 is 2.10 bits per heavy atom. The second-order valence-electron chi connectivity index (χ2n) is 4.04. The maximum atomic E-state index is 13.2. The average Bonchev–Trinajstić information content (AvgIpc) is 2.96. The lowest BCUT2D eigenvalue weighted by atomic mass is 10.3. The van der Waals surface area contributed by atoms with Gasteiger partial charge in [-0.2, -0.15) is 15.0 Å². The van der Waals surface area contributed by atoms with Crippen molar-refractivity contribution in [1.29, 1.82) is 0 Å². The van der Waals surface area contributed by atoms with Crippen molar-refractivity contribution in [2.24, 2.45) is 0 Å². The van der Waals surface area contributed by atoms with Gasteiger partial charge >= 0.3 is 0 Å². The standard InChI is InChI=1S/C12H9ClFN7/c13-8-2-1-7(14)5-9(8)17-11-18-10(15)19-12(20-11)21-4-3-16-6-21/h1-6H,(H3,15,17,18,19,20). The molecule has 0 spiro atoms. The number of nitrogen functional groups attached to an aromatic ring is 1. The molecule has 1 aromatic carbocycles. The van der Waals surface area contributed by atoms with Gasteiger partial charge in [-0.1, -0.05) is 11.6 Å². The summed E-state index contributed by atoms with van der Waals surface area (Å²) in [6.07, 6.45) is 4.76. The molecule has 7 nitrogen and oxygen atoms in total. The Morgan fingerprint density at radius 1 is 1.24 bits per heavy atom. The topological polar surface area (TPSA) is 94.5 Å². The molecular weight excluding hydrogens is 297 g/mol. The lowest BCUT2D eigenvalue weighted by molar-refractivity contribution is 0.628. The van der Waals surface area contributed by atoms with Crippen LogP contribution in [-0.4, -0.2) is 24.5 Å². The lowest BCUT2D eigenvalue weighted by Gasteiger charge is -2.08. The second-order valence-corrected chi connectivity index (χ2v) is 4.44. The van der Waals surface area contributed by atoms with Crippen molar-refractivity contribution in [3.8, 4) is 5.95 Å². The minimum atomic E-state index is -0.432. The van der Waals surface area contributed by atoms with Crippen LogP contribution in [0.1, 0.15) is 0 Å². The monoisotopic (exact) mass is 305 g/mol. The first kappa shape index (κ1) is 13.3. The van der Waals surface area contributed by atoms with E-state index in [0.29, 0.717) is 10.7 Å². The molecule has 0 radical (unpaired) electrons. The van der Waals surface area contributed by atoms with E-state index in [1.165, 1.54) is 24.5 Å². The first-order valence-electron chi connectivity index (χ1n) is 5.84. The van der Waals surface area contributed by atoms with Crippen molar-refractivity contribution in [1.82, 2.24) is 24.5 Å². The van der Waals surface area contributed by atoms with E-state index in [9.17, 15) is 4.39 Å². The number of benzene rings is 1. The molecule has 0 unspecified atom stereocenters. The van der Waals surface area contributed by atoms with Crippen LogP contribution in [0.25, 0.3) is 5.95 Å². The Morgan fingerprint density at radius 3 is 2.86 bits per heavy atom. The fraction of sp³-hybridized carbons (Fsp3) is 0. The number of hydrogen-bond acceptors (Lipinski definition) is 6. The van der Waals surface area contributed by atoms with Gasteiger partial charge in [0.15, 0.2) is 0 Å². The number of nitrogens with two attached hydrogens (primary N) is 1. The molecule has 2 heterocycles. The molecule has 9 heteroatoms. The van der Waals surface area contributed by atoms with Crippen molar-refractivity contribution < 1.29 is 4.39 Å². The van der Waals surface area contributed by atoms with Gasteiger partial charge in [-0.25, -0.2) is 9.37 Å². The highest BCUT2D eigenvalue weighted by atomic mass is 35.5. The zero-order chi connectivity index (χ0) is 14.8. The quantitative estimate of drug-likeness (QED) is 0.770. The summed E-state index contributed by atoms with van der Waals surface area (Å²) in [4.78, 5) is 16.0. The van der Waals surface area contributed by atoms with Gasteiger partial charge in [0.1, 0.15) is 12.1 Å². The van der Waals surface area contributed by atoms with E-state index in [2.05, 4.69) is 25.3 Å². The van der Waals surface area contributed by atoms with Crippen LogP contribution in [0.15, 0.2) is 36.9 Å². The smallest absolute Gasteiger partial charge is 0.241 e. The van der Waals surface area contributed by atoms with Crippen LogP contribution in [0.5, 0.6) is 0 Å². The number of aromatic nitrogens is 5. The predicted octanol–water partition coefficient (Wildman–Crippen LogP) is 2.18. The molecule has 0 saturated carbocycles. The number of rotatable bonds is 3. The molecule has 0 fully saturated rings. The van der Waals surface area contributed by atoms with E-state index in [0.717, 1.165) is 0 Å². The van der Waals surface area contributed by atoms with E-state index >= 15 is 0 Å². The van der Waals surface area contributed by atoms with Gasteiger partial charge in [0.05, 0.1) is 10.7 Å². The Labute approximate surface area is 123 Å². The Hall–Kier alpha value is -2.74. The molecular formula is C12H9ClFN7. The van der Waals surface area contributed by atoms with E-state index in [1.807, 2.05) is 0 Å². The lowest BCUT2D eigenvalue weighted by Crippen LogP contribution is -2.08. The molecule has 0 aliphatic rings. The van der Waals surface area contributed by atoms with Gasteiger partial charge < -0.3 is 11.1 Å². The summed E-state index contributed by atoms with van der Waals surface area (Å²) < 4.78 is 14.8. The van der Waals surface area contributed by atoms with Gasteiger partial charge in [0.2, 0.25) is 17.8 Å². The van der Waals surface area contributed by atoms with Gasteiger partial charge in [-0.3, -0.25) is 4.57 Å². The number of nitrogens with one attached hydrogen (secondary N) is 1.